The highest BCUT2D eigenvalue weighted by Crippen LogP contribution is 2.40. The fourth-order valence-corrected chi connectivity index (χ4v) is 2.13. The number of nitrogens with zero attached hydrogens (tertiary/aromatic N) is 3. The molecule has 0 spiro atoms. The Morgan fingerprint density at radius 2 is 2.06 bits per heavy atom. The van der Waals surface area contributed by atoms with Crippen molar-refractivity contribution in [2.75, 3.05) is 0 Å². The van der Waals surface area contributed by atoms with Gasteiger partial charge in [-0.2, -0.15) is 0 Å². The zero-order valence-corrected chi connectivity index (χ0v) is 10.5. The molecule has 2 heterocycles. The van der Waals surface area contributed by atoms with Crippen LogP contribution in [-0.4, -0.2) is 15.1 Å². The monoisotopic (exact) mass is 249 g/mol. The van der Waals surface area contributed by atoms with Crippen LogP contribution < -0.4 is 0 Å². The van der Waals surface area contributed by atoms with E-state index in [9.17, 15) is 0 Å². The van der Waals surface area contributed by atoms with Crippen LogP contribution in [0.3, 0.4) is 0 Å². The first kappa shape index (κ1) is 10.7. The maximum Gasteiger partial charge on any atom is 0.166 e. The van der Waals surface area contributed by atoms with E-state index in [4.69, 9.17) is 16.1 Å². The minimum Gasteiger partial charge on any atom is -0.361 e. The van der Waals surface area contributed by atoms with Crippen LogP contribution in [0, 0.1) is 13.8 Å². The number of halogens is 1. The van der Waals surface area contributed by atoms with Crippen molar-refractivity contribution < 1.29 is 4.52 Å². The maximum absolute atomic E-state index is 6.04. The van der Waals surface area contributed by atoms with Gasteiger partial charge in [0.15, 0.2) is 5.82 Å². The molecule has 0 aliphatic heterocycles. The van der Waals surface area contributed by atoms with Crippen LogP contribution in [-0.2, 0) is 0 Å². The Morgan fingerprint density at radius 3 is 2.65 bits per heavy atom. The molecule has 0 unspecified atom stereocenters. The minimum atomic E-state index is 0.483. The van der Waals surface area contributed by atoms with Gasteiger partial charge in [-0.3, -0.25) is 0 Å². The van der Waals surface area contributed by atoms with Crippen molar-refractivity contribution in [3.05, 3.63) is 28.4 Å². The number of hydrogen-bond acceptors (Lipinski definition) is 4. The average molecular weight is 250 g/mol. The summed E-state index contributed by atoms with van der Waals surface area (Å²) < 4.78 is 5.13. The molecule has 3 rings (SSSR count). The van der Waals surface area contributed by atoms with Crippen molar-refractivity contribution in [2.45, 2.75) is 32.6 Å². The Hall–Kier alpha value is -1.42. The largest absolute Gasteiger partial charge is 0.361 e. The molecule has 4 nitrogen and oxygen atoms in total. The van der Waals surface area contributed by atoms with Gasteiger partial charge >= 0.3 is 0 Å². The molecule has 1 aliphatic carbocycles. The normalized spacial score (nSPS) is 15.2. The summed E-state index contributed by atoms with van der Waals surface area (Å²) in [5, 5.41) is 4.40. The van der Waals surface area contributed by atoms with Gasteiger partial charge in [0.1, 0.15) is 10.9 Å². The number of aromatic nitrogens is 3. The van der Waals surface area contributed by atoms with Crippen molar-refractivity contribution >= 4 is 11.6 Å². The molecule has 0 N–H and O–H groups in total. The van der Waals surface area contributed by atoms with E-state index in [0.29, 0.717) is 16.9 Å². The van der Waals surface area contributed by atoms with Crippen molar-refractivity contribution in [2.24, 2.45) is 0 Å². The van der Waals surface area contributed by atoms with Gasteiger partial charge in [-0.25, -0.2) is 9.97 Å². The van der Waals surface area contributed by atoms with Gasteiger partial charge in [-0.05, 0) is 32.8 Å². The quantitative estimate of drug-likeness (QED) is 0.767. The summed E-state index contributed by atoms with van der Waals surface area (Å²) >= 11 is 6.04. The summed E-state index contributed by atoms with van der Waals surface area (Å²) in [5.74, 6) is 1.90. The Morgan fingerprint density at radius 1 is 1.29 bits per heavy atom. The molecule has 0 atom stereocenters. The third-order valence-electron chi connectivity index (χ3n) is 2.97. The van der Waals surface area contributed by atoms with Crippen LogP contribution in [0.25, 0.3) is 11.4 Å². The van der Waals surface area contributed by atoms with Crippen molar-refractivity contribution in [3.63, 3.8) is 0 Å². The maximum atomic E-state index is 6.04. The van der Waals surface area contributed by atoms with Crippen molar-refractivity contribution in [3.8, 4) is 11.4 Å². The lowest BCUT2D eigenvalue weighted by molar-refractivity contribution is 0.393. The zero-order chi connectivity index (χ0) is 12.0. The predicted octanol–water partition coefficient (Wildman–Crippen LogP) is 3.28. The highest BCUT2D eigenvalue weighted by Gasteiger charge is 2.27. The van der Waals surface area contributed by atoms with E-state index in [0.717, 1.165) is 22.7 Å². The van der Waals surface area contributed by atoms with Crippen molar-refractivity contribution in [1.29, 1.82) is 0 Å². The van der Waals surface area contributed by atoms with E-state index >= 15 is 0 Å². The molecular weight excluding hydrogens is 238 g/mol. The van der Waals surface area contributed by atoms with Crippen LogP contribution in [0.5, 0.6) is 0 Å². The van der Waals surface area contributed by atoms with Gasteiger partial charge in [0, 0.05) is 11.6 Å². The second-order valence-electron chi connectivity index (χ2n) is 4.41. The van der Waals surface area contributed by atoms with E-state index < -0.39 is 0 Å². The fraction of sp³-hybridized carbons (Fsp3) is 0.417. The summed E-state index contributed by atoms with van der Waals surface area (Å²) in [6, 6.07) is 1.85. The van der Waals surface area contributed by atoms with E-state index in [-0.39, 0.29) is 0 Å². The molecule has 17 heavy (non-hydrogen) atoms. The number of rotatable bonds is 2. The molecule has 0 aromatic carbocycles. The summed E-state index contributed by atoms with van der Waals surface area (Å²) in [6.45, 7) is 3.74. The molecule has 5 heteroatoms. The van der Waals surface area contributed by atoms with E-state index in [1.54, 1.807) is 0 Å². The Balaban J connectivity index is 2.14. The molecular formula is C12H12ClN3O. The average Bonchev–Trinajstić information content (AvgIpc) is 3.05. The second-order valence-corrected chi connectivity index (χ2v) is 4.80. The van der Waals surface area contributed by atoms with Gasteiger partial charge in [-0.1, -0.05) is 16.8 Å². The summed E-state index contributed by atoms with van der Waals surface area (Å²) in [5.41, 5.74) is 2.68. The van der Waals surface area contributed by atoms with Crippen LogP contribution in [0.2, 0.25) is 5.15 Å². The topological polar surface area (TPSA) is 51.8 Å². The van der Waals surface area contributed by atoms with Gasteiger partial charge in [0.25, 0.3) is 0 Å². The third kappa shape index (κ3) is 1.93. The Kier molecular flexibility index (Phi) is 2.40. The summed E-state index contributed by atoms with van der Waals surface area (Å²) in [6.07, 6.45) is 2.38. The molecule has 1 saturated carbocycles. The Bertz CT molecular complexity index is 556. The smallest absolute Gasteiger partial charge is 0.166 e. The van der Waals surface area contributed by atoms with Crippen LogP contribution in [0.15, 0.2) is 10.6 Å². The van der Waals surface area contributed by atoms with Gasteiger partial charge in [0.2, 0.25) is 0 Å². The van der Waals surface area contributed by atoms with Gasteiger partial charge < -0.3 is 4.52 Å². The molecule has 1 fully saturated rings. The summed E-state index contributed by atoms with van der Waals surface area (Å²) in [4.78, 5) is 8.83. The lowest BCUT2D eigenvalue weighted by Crippen LogP contribution is -1.96. The molecule has 0 saturated heterocycles. The van der Waals surface area contributed by atoms with Crippen LogP contribution in [0.4, 0.5) is 0 Å². The van der Waals surface area contributed by atoms with E-state index in [1.807, 2.05) is 19.9 Å². The first-order valence-electron chi connectivity index (χ1n) is 5.63. The molecule has 0 amide bonds. The van der Waals surface area contributed by atoms with Gasteiger partial charge in [0.05, 0.1) is 11.3 Å². The predicted molar refractivity (Wildman–Crippen MR) is 64.0 cm³/mol. The molecule has 0 bridgehead atoms. The molecule has 1 aliphatic rings. The molecule has 0 radical (unpaired) electrons. The molecule has 2 aromatic rings. The summed E-state index contributed by atoms with van der Waals surface area (Å²) in [7, 11) is 0. The highest BCUT2D eigenvalue weighted by atomic mass is 35.5. The number of hydrogen-bond donors (Lipinski definition) is 0. The van der Waals surface area contributed by atoms with Crippen LogP contribution in [0.1, 0.15) is 35.9 Å². The standard InChI is InChI=1S/C12H12ClN3O/c1-6-11(7(2)17-16-6)12-14-9(8-3-4-8)5-10(13)15-12/h5,8H,3-4H2,1-2H3. The lowest BCUT2D eigenvalue weighted by atomic mass is 10.2. The SMILES string of the molecule is Cc1noc(C)c1-c1nc(Cl)cc(C2CC2)n1. The lowest BCUT2D eigenvalue weighted by Gasteiger charge is -2.03. The number of aryl methyl sites for hydroxylation is 2. The Labute approximate surface area is 104 Å². The van der Waals surface area contributed by atoms with E-state index in [2.05, 4.69) is 15.1 Å². The van der Waals surface area contributed by atoms with Crippen molar-refractivity contribution in [1.82, 2.24) is 15.1 Å². The first-order valence-corrected chi connectivity index (χ1v) is 6.00. The first-order chi connectivity index (χ1) is 8.15. The van der Waals surface area contributed by atoms with Gasteiger partial charge in [-0.15, -0.1) is 0 Å². The molecule has 2 aromatic heterocycles. The van der Waals surface area contributed by atoms with Crippen LogP contribution >= 0.6 is 11.6 Å². The van der Waals surface area contributed by atoms with E-state index in [1.165, 1.54) is 12.8 Å². The molecule has 88 valence electrons. The second kappa shape index (κ2) is 3.81. The zero-order valence-electron chi connectivity index (χ0n) is 9.70. The minimum absolute atomic E-state index is 0.483. The highest BCUT2D eigenvalue weighted by molar-refractivity contribution is 6.29. The fourth-order valence-electron chi connectivity index (χ4n) is 1.94. The third-order valence-corrected chi connectivity index (χ3v) is 3.16.